The second-order valence-corrected chi connectivity index (χ2v) is 11.1. The fraction of sp³-hybridized carbons (Fsp3) is 0.167. The van der Waals surface area contributed by atoms with Crippen molar-refractivity contribution in [3.63, 3.8) is 0 Å². The lowest BCUT2D eigenvalue weighted by Gasteiger charge is -2.26. The highest BCUT2D eigenvalue weighted by atomic mass is 35.5. The smallest absolute Gasteiger partial charge is 0.264 e. The molecule has 0 saturated heterocycles. The van der Waals surface area contributed by atoms with E-state index in [0.717, 1.165) is 9.87 Å². The van der Waals surface area contributed by atoms with E-state index in [0.29, 0.717) is 22.3 Å². The number of rotatable bonds is 11. The predicted molar refractivity (Wildman–Crippen MR) is 158 cm³/mol. The number of sulfonamides is 1. The highest BCUT2D eigenvalue weighted by Gasteiger charge is 2.30. The standard InChI is InChI=1S/C30H29ClN2O7S/c1-20-9-13-23(14-10-20)41(35,36)33(25-18-22(37-2)12-16-27(25)38-3)19-30(34)32-24-17-21(31)11-15-26(24)40-29-8-6-5-7-28(29)39-4/h5-18H,19H2,1-4H3,(H,32,34). The Morgan fingerprint density at radius 2 is 1.46 bits per heavy atom. The van der Waals surface area contributed by atoms with Crippen LogP contribution < -0.4 is 28.6 Å². The van der Waals surface area contributed by atoms with Crippen LogP contribution >= 0.6 is 11.6 Å². The summed E-state index contributed by atoms with van der Waals surface area (Å²) in [6.07, 6.45) is 0. The zero-order valence-electron chi connectivity index (χ0n) is 22.9. The fourth-order valence-electron chi connectivity index (χ4n) is 3.96. The highest BCUT2D eigenvalue weighted by molar-refractivity contribution is 7.92. The van der Waals surface area contributed by atoms with Gasteiger partial charge in [-0.1, -0.05) is 41.4 Å². The van der Waals surface area contributed by atoms with Gasteiger partial charge in [0.05, 0.1) is 37.6 Å². The van der Waals surface area contributed by atoms with E-state index in [1.54, 1.807) is 60.7 Å². The van der Waals surface area contributed by atoms with E-state index in [1.165, 1.54) is 45.6 Å². The van der Waals surface area contributed by atoms with Crippen LogP contribution in [0.2, 0.25) is 5.02 Å². The second kappa shape index (κ2) is 12.8. The molecule has 0 fully saturated rings. The number of anilines is 2. The van der Waals surface area contributed by atoms with Gasteiger partial charge in [0.2, 0.25) is 5.91 Å². The lowest BCUT2D eigenvalue weighted by molar-refractivity contribution is -0.114. The molecule has 0 atom stereocenters. The van der Waals surface area contributed by atoms with Crippen molar-refractivity contribution in [2.24, 2.45) is 0 Å². The molecule has 41 heavy (non-hydrogen) atoms. The van der Waals surface area contributed by atoms with Crippen LogP contribution in [-0.4, -0.2) is 42.2 Å². The van der Waals surface area contributed by atoms with Crippen LogP contribution in [0.25, 0.3) is 0 Å². The van der Waals surface area contributed by atoms with Crippen LogP contribution in [0.1, 0.15) is 5.56 Å². The predicted octanol–water partition coefficient (Wildman–Crippen LogP) is 6.30. The number of benzene rings is 4. The van der Waals surface area contributed by atoms with Gasteiger partial charge in [-0.25, -0.2) is 8.42 Å². The molecule has 0 aliphatic carbocycles. The number of amides is 1. The van der Waals surface area contributed by atoms with Gasteiger partial charge in [0, 0.05) is 11.1 Å². The van der Waals surface area contributed by atoms with Crippen LogP contribution in [0.15, 0.2) is 89.8 Å². The average molecular weight is 597 g/mol. The largest absolute Gasteiger partial charge is 0.497 e. The van der Waals surface area contributed by atoms with Crippen molar-refractivity contribution < 1.29 is 32.2 Å². The Balaban J connectivity index is 1.72. The third-order valence-corrected chi connectivity index (χ3v) is 8.06. The van der Waals surface area contributed by atoms with E-state index in [1.807, 2.05) is 6.92 Å². The van der Waals surface area contributed by atoms with Gasteiger partial charge in [-0.15, -0.1) is 0 Å². The molecule has 1 N–H and O–H groups in total. The van der Waals surface area contributed by atoms with Crippen LogP contribution in [0.5, 0.6) is 28.7 Å². The van der Waals surface area contributed by atoms with Crippen molar-refractivity contribution in [1.82, 2.24) is 0 Å². The zero-order valence-corrected chi connectivity index (χ0v) is 24.5. The number of para-hydroxylation sites is 2. The van der Waals surface area contributed by atoms with Gasteiger partial charge in [0.25, 0.3) is 10.0 Å². The first-order valence-electron chi connectivity index (χ1n) is 12.4. The van der Waals surface area contributed by atoms with E-state index < -0.39 is 22.5 Å². The lowest BCUT2D eigenvalue weighted by Crippen LogP contribution is -2.38. The van der Waals surface area contributed by atoms with Gasteiger partial charge in [0.1, 0.15) is 18.0 Å². The Morgan fingerprint density at radius 1 is 0.805 bits per heavy atom. The molecule has 1 amide bonds. The summed E-state index contributed by atoms with van der Waals surface area (Å²) in [6.45, 7) is 1.25. The molecule has 9 nitrogen and oxygen atoms in total. The zero-order chi connectivity index (χ0) is 29.6. The van der Waals surface area contributed by atoms with Gasteiger partial charge < -0.3 is 24.3 Å². The van der Waals surface area contributed by atoms with Crippen molar-refractivity contribution in [2.75, 3.05) is 37.5 Å². The van der Waals surface area contributed by atoms with Crippen molar-refractivity contribution in [3.8, 4) is 28.7 Å². The molecular formula is C30H29ClN2O7S. The Kier molecular flexibility index (Phi) is 9.26. The van der Waals surface area contributed by atoms with Gasteiger partial charge in [-0.2, -0.15) is 0 Å². The number of nitrogens with one attached hydrogen (secondary N) is 1. The summed E-state index contributed by atoms with van der Waals surface area (Å²) in [5, 5.41) is 3.08. The molecule has 4 rings (SSSR count). The minimum atomic E-state index is -4.23. The Hall–Kier alpha value is -4.41. The van der Waals surface area contributed by atoms with Crippen LogP contribution in [0.3, 0.4) is 0 Å². The summed E-state index contributed by atoms with van der Waals surface area (Å²) in [4.78, 5) is 13.5. The van der Waals surface area contributed by atoms with Crippen LogP contribution in [-0.2, 0) is 14.8 Å². The molecule has 4 aromatic carbocycles. The molecule has 0 bridgehead atoms. The van der Waals surface area contributed by atoms with Gasteiger partial charge in [0.15, 0.2) is 17.2 Å². The number of hydrogen-bond acceptors (Lipinski definition) is 7. The molecule has 0 unspecified atom stereocenters. The number of ether oxygens (including phenoxy) is 4. The molecule has 11 heteroatoms. The third kappa shape index (κ3) is 6.85. The number of hydrogen-bond donors (Lipinski definition) is 1. The molecule has 214 valence electrons. The molecule has 0 aliphatic rings. The first-order valence-corrected chi connectivity index (χ1v) is 14.2. The summed E-state index contributed by atoms with van der Waals surface area (Å²) in [5.74, 6) is 1.14. The Morgan fingerprint density at radius 3 is 2.12 bits per heavy atom. The molecule has 4 aromatic rings. The van der Waals surface area contributed by atoms with Crippen molar-refractivity contribution in [2.45, 2.75) is 11.8 Å². The molecule has 0 aliphatic heterocycles. The van der Waals surface area contributed by atoms with Crippen molar-refractivity contribution >= 4 is 38.9 Å². The van der Waals surface area contributed by atoms with Gasteiger partial charge in [-0.05, 0) is 61.5 Å². The first-order chi connectivity index (χ1) is 19.7. The van der Waals surface area contributed by atoms with E-state index in [-0.39, 0.29) is 27.8 Å². The first kappa shape index (κ1) is 29.6. The highest BCUT2D eigenvalue weighted by Crippen LogP contribution is 2.38. The van der Waals surface area contributed by atoms with E-state index >= 15 is 0 Å². The second-order valence-electron chi connectivity index (χ2n) is 8.80. The number of methoxy groups -OCH3 is 3. The summed E-state index contributed by atoms with van der Waals surface area (Å²) in [6, 6.07) is 22.8. The maximum absolute atomic E-state index is 13.9. The Bertz CT molecular complexity index is 1640. The minimum Gasteiger partial charge on any atom is -0.497 e. The van der Waals surface area contributed by atoms with Gasteiger partial charge >= 0.3 is 0 Å². The maximum Gasteiger partial charge on any atom is 0.264 e. The number of nitrogens with zero attached hydrogens (tertiary/aromatic N) is 1. The normalized spacial score (nSPS) is 11.0. The van der Waals surface area contributed by atoms with Gasteiger partial charge in [-0.3, -0.25) is 9.10 Å². The minimum absolute atomic E-state index is 0.00345. The molecule has 0 radical (unpaired) electrons. The number of carbonyl (C=O) groups is 1. The average Bonchev–Trinajstić information content (AvgIpc) is 2.97. The quantitative estimate of drug-likeness (QED) is 0.217. The van der Waals surface area contributed by atoms with E-state index in [9.17, 15) is 13.2 Å². The topological polar surface area (TPSA) is 103 Å². The SMILES string of the molecule is COc1ccc(OC)c(N(CC(=O)Nc2cc(Cl)ccc2Oc2ccccc2OC)S(=O)(=O)c2ccc(C)cc2)c1. The third-order valence-electron chi connectivity index (χ3n) is 6.06. The summed E-state index contributed by atoms with van der Waals surface area (Å²) >= 11 is 6.23. The molecule has 0 spiro atoms. The fourth-order valence-corrected chi connectivity index (χ4v) is 5.55. The molecule has 0 heterocycles. The molecule has 0 aromatic heterocycles. The van der Waals surface area contributed by atoms with Crippen molar-refractivity contribution in [1.29, 1.82) is 0 Å². The molecular weight excluding hydrogens is 568 g/mol. The van der Waals surface area contributed by atoms with E-state index in [2.05, 4.69) is 5.32 Å². The monoisotopic (exact) mass is 596 g/mol. The number of halogens is 1. The number of aryl methyl sites for hydroxylation is 1. The summed E-state index contributed by atoms with van der Waals surface area (Å²) in [5.41, 5.74) is 1.24. The molecule has 0 saturated carbocycles. The van der Waals surface area contributed by atoms with Crippen molar-refractivity contribution in [3.05, 3.63) is 95.5 Å². The lowest BCUT2D eigenvalue weighted by atomic mass is 10.2. The van der Waals surface area contributed by atoms with E-state index in [4.69, 9.17) is 30.5 Å². The van der Waals surface area contributed by atoms with Crippen LogP contribution in [0.4, 0.5) is 11.4 Å². The summed E-state index contributed by atoms with van der Waals surface area (Å²) < 4.78 is 51.0. The summed E-state index contributed by atoms with van der Waals surface area (Å²) in [7, 11) is 0.158. The number of carbonyl (C=O) groups excluding carboxylic acids is 1. The van der Waals surface area contributed by atoms with Crippen LogP contribution in [0, 0.1) is 6.92 Å². The Labute approximate surface area is 244 Å². The maximum atomic E-state index is 13.9.